The highest BCUT2D eigenvalue weighted by atomic mass is 16.5. The predicted octanol–water partition coefficient (Wildman–Crippen LogP) is -2.87. The largest absolute Gasteiger partial charge is 0.394 e. The minimum Gasteiger partial charge on any atom is -0.394 e. The summed E-state index contributed by atoms with van der Waals surface area (Å²) in [7, 11) is 1.30. The van der Waals surface area contributed by atoms with Crippen molar-refractivity contribution in [1.29, 1.82) is 0 Å². The van der Waals surface area contributed by atoms with Gasteiger partial charge in [-0.15, -0.1) is 0 Å². The molecule has 6 N–H and O–H groups in total. The number of methoxy groups -OCH3 is 1. The van der Waals surface area contributed by atoms with Gasteiger partial charge in [0.2, 0.25) is 0 Å². The van der Waals surface area contributed by atoms with Crippen molar-refractivity contribution in [1.82, 2.24) is 9.97 Å². The zero-order valence-electron chi connectivity index (χ0n) is 12.1. The highest BCUT2D eigenvalue weighted by molar-refractivity contribution is 5.09. The Balaban J connectivity index is 2.89. The molecule has 22 heavy (non-hydrogen) atoms. The van der Waals surface area contributed by atoms with Gasteiger partial charge >= 0.3 is 0 Å². The maximum atomic E-state index is 9.90. The summed E-state index contributed by atoms with van der Waals surface area (Å²) in [6.45, 7) is -1.23. The third-order valence-electron chi connectivity index (χ3n) is 3.19. The van der Waals surface area contributed by atoms with Gasteiger partial charge in [-0.25, -0.2) is 0 Å². The van der Waals surface area contributed by atoms with E-state index in [9.17, 15) is 20.4 Å². The van der Waals surface area contributed by atoms with Gasteiger partial charge in [0, 0.05) is 19.7 Å². The Labute approximate surface area is 127 Å². The lowest BCUT2D eigenvalue weighted by atomic mass is 10.0. The number of hydrogen-bond acceptors (Lipinski definition) is 9. The normalized spacial score (nSPS) is 18.5. The molecule has 1 heterocycles. The van der Waals surface area contributed by atoms with E-state index in [1.807, 2.05) is 0 Å². The molecule has 0 saturated heterocycles. The van der Waals surface area contributed by atoms with Crippen molar-refractivity contribution in [3.63, 3.8) is 0 Å². The molecule has 1 rings (SSSR count). The lowest BCUT2D eigenvalue weighted by molar-refractivity contribution is -0.0929. The molecule has 0 saturated carbocycles. The first-order chi connectivity index (χ1) is 10.4. The van der Waals surface area contributed by atoms with Crippen LogP contribution in [0, 0.1) is 0 Å². The van der Waals surface area contributed by atoms with Crippen molar-refractivity contribution >= 4 is 0 Å². The van der Waals surface area contributed by atoms with Crippen LogP contribution in [0.25, 0.3) is 0 Å². The molecule has 0 aliphatic carbocycles. The van der Waals surface area contributed by atoms with Crippen molar-refractivity contribution in [3.8, 4) is 0 Å². The van der Waals surface area contributed by atoms with Crippen LogP contribution in [0.1, 0.15) is 17.5 Å². The molecule has 9 heteroatoms. The van der Waals surface area contributed by atoms with Crippen LogP contribution in [-0.2, 0) is 11.2 Å². The first-order valence-electron chi connectivity index (χ1n) is 6.72. The van der Waals surface area contributed by atoms with Crippen LogP contribution in [0.4, 0.5) is 0 Å². The monoisotopic (exact) mass is 318 g/mol. The van der Waals surface area contributed by atoms with Crippen molar-refractivity contribution in [2.75, 3.05) is 20.3 Å². The van der Waals surface area contributed by atoms with E-state index in [2.05, 4.69) is 9.97 Å². The second kappa shape index (κ2) is 9.06. The second-order valence-corrected chi connectivity index (χ2v) is 4.85. The fraction of sp³-hybridized carbons (Fsp3) is 0.692. The molecule has 9 nitrogen and oxygen atoms in total. The lowest BCUT2D eigenvalue weighted by Gasteiger charge is -2.24. The molecule has 126 valence electrons. The molecule has 0 radical (unpaired) electrons. The Bertz CT molecular complexity index is 448. The summed E-state index contributed by atoms with van der Waals surface area (Å²) in [6, 6.07) is 0. The molecule has 0 aromatic carbocycles. The van der Waals surface area contributed by atoms with Crippen LogP contribution < -0.4 is 0 Å². The Morgan fingerprint density at radius 3 is 2.18 bits per heavy atom. The van der Waals surface area contributed by atoms with Gasteiger partial charge in [0.05, 0.1) is 36.9 Å². The van der Waals surface area contributed by atoms with Gasteiger partial charge in [0.1, 0.15) is 24.4 Å². The first kappa shape index (κ1) is 18.8. The van der Waals surface area contributed by atoms with Crippen molar-refractivity contribution in [3.05, 3.63) is 23.8 Å². The lowest BCUT2D eigenvalue weighted by Crippen LogP contribution is -2.36. The Kier molecular flexibility index (Phi) is 7.76. The molecule has 1 aromatic rings. The van der Waals surface area contributed by atoms with Crippen molar-refractivity contribution < 1.29 is 35.4 Å². The van der Waals surface area contributed by atoms with Crippen molar-refractivity contribution in [2.24, 2.45) is 0 Å². The van der Waals surface area contributed by atoms with E-state index in [1.165, 1.54) is 19.5 Å². The molecule has 1 aromatic heterocycles. The zero-order valence-corrected chi connectivity index (χ0v) is 12.1. The maximum Gasteiger partial charge on any atom is 0.129 e. The molecule has 0 unspecified atom stereocenters. The average molecular weight is 318 g/mol. The molecule has 5 atom stereocenters. The fourth-order valence-corrected chi connectivity index (χ4v) is 1.88. The van der Waals surface area contributed by atoms with Crippen LogP contribution in [0.15, 0.2) is 12.4 Å². The van der Waals surface area contributed by atoms with E-state index in [0.29, 0.717) is 5.69 Å². The molecule has 0 amide bonds. The predicted molar refractivity (Wildman–Crippen MR) is 73.7 cm³/mol. The van der Waals surface area contributed by atoms with E-state index < -0.39 is 43.7 Å². The van der Waals surface area contributed by atoms with E-state index in [-0.39, 0.29) is 12.1 Å². The van der Waals surface area contributed by atoms with Crippen LogP contribution in [0.5, 0.6) is 0 Å². The fourth-order valence-electron chi connectivity index (χ4n) is 1.88. The zero-order chi connectivity index (χ0) is 16.7. The molecular formula is C13H22N2O7. The maximum absolute atomic E-state index is 9.90. The summed E-state index contributed by atoms with van der Waals surface area (Å²) in [6.07, 6.45) is -3.73. The number of nitrogens with zero attached hydrogens (tertiary/aromatic N) is 2. The third kappa shape index (κ3) is 4.92. The molecule has 0 spiro atoms. The highest BCUT2D eigenvalue weighted by Gasteiger charge is 2.29. The molecular weight excluding hydrogens is 296 g/mol. The molecule has 0 aliphatic rings. The van der Waals surface area contributed by atoms with Crippen LogP contribution in [0.3, 0.4) is 0 Å². The minimum absolute atomic E-state index is 0.0579. The topological polar surface area (TPSA) is 156 Å². The van der Waals surface area contributed by atoms with E-state index in [1.54, 1.807) is 0 Å². The van der Waals surface area contributed by atoms with Crippen molar-refractivity contribution in [2.45, 2.75) is 36.9 Å². The summed E-state index contributed by atoms with van der Waals surface area (Å²) >= 11 is 0. The Morgan fingerprint density at radius 1 is 1.00 bits per heavy atom. The first-order valence-corrected chi connectivity index (χ1v) is 6.72. The van der Waals surface area contributed by atoms with E-state index in [0.717, 1.165) is 0 Å². The number of aliphatic hydroxyl groups is 6. The summed E-state index contributed by atoms with van der Waals surface area (Å²) in [5.74, 6) is 0. The van der Waals surface area contributed by atoms with Gasteiger partial charge in [0.15, 0.2) is 0 Å². The van der Waals surface area contributed by atoms with Gasteiger partial charge in [-0.1, -0.05) is 0 Å². The smallest absolute Gasteiger partial charge is 0.129 e. The molecule has 0 fully saturated rings. The van der Waals surface area contributed by atoms with Crippen LogP contribution in [-0.4, -0.2) is 85.3 Å². The standard InChI is InChI=1S/C13H22N2O7/c1-22-13(12(21)11(20)6-17)8-4-14-3-7(15-8)2-9(18)10(19)5-16/h3-4,9-13,16-21H,2,5-6H2,1H3/t9-,10+,11+,12-,13+/m0/s1. The van der Waals surface area contributed by atoms with Gasteiger partial charge in [-0.2, -0.15) is 0 Å². The van der Waals surface area contributed by atoms with Crippen LogP contribution in [0.2, 0.25) is 0 Å². The summed E-state index contributed by atoms with van der Waals surface area (Å²) in [5, 5.41) is 56.0. The van der Waals surface area contributed by atoms with Gasteiger partial charge < -0.3 is 35.4 Å². The number of aliphatic hydroxyl groups excluding tert-OH is 6. The summed E-state index contributed by atoms with van der Waals surface area (Å²) in [5.41, 5.74) is 0.510. The van der Waals surface area contributed by atoms with E-state index >= 15 is 0 Å². The SMILES string of the molecule is CO[C@H](c1cncc(C[C@H](O)[C@H](O)CO)n1)[C@@H](O)[C@H](O)CO. The molecule has 0 bridgehead atoms. The third-order valence-corrected chi connectivity index (χ3v) is 3.19. The second-order valence-electron chi connectivity index (χ2n) is 4.85. The summed E-state index contributed by atoms with van der Waals surface area (Å²) < 4.78 is 5.07. The minimum atomic E-state index is -1.41. The van der Waals surface area contributed by atoms with Gasteiger partial charge in [-0.3, -0.25) is 9.97 Å². The van der Waals surface area contributed by atoms with Gasteiger partial charge in [0.25, 0.3) is 0 Å². The highest BCUT2D eigenvalue weighted by Crippen LogP contribution is 2.21. The Morgan fingerprint density at radius 2 is 1.64 bits per heavy atom. The van der Waals surface area contributed by atoms with E-state index in [4.69, 9.17) is 14.9 Å². The number of aromatic nitrogens is 2. The Hall–Kier alpha value is -1.20. The average Bonchev–Trinajstić information content (AvgIpc) is 2.54. The summed E-state index contributed by atoms with van der Waals surface area (Å²) in [4.78, 5) is 8.05. The quantitative estimate of drug-likeness (QED) is 0.282. The number of rotatable bonds is 9. The van der Waals surface area contributed by atoms with Crippen LogP contribution >= 0.6 is 0 Å². The molecule has 0 aliphatic heterocycles. The van der Waals surface area contributed by atoms with Gasteiger partial charge in [-0.05, 0) is 0 Å². The number of ether oxygens (including phenoxy) is 1. The number of hydrogen-bond donors (Lipinski definition) is 6.